The molecule has 0 spiro atoms. The minimum Gasteiger partial charge on any atom is -0.464 e. The normalized spacial score (nSPS) is 14.2. The molecule has 0 bridgehead atoms. The van der Waals surface area contributed by atoms with E-state index in [0.717, 1.165) is 11.5 Å². The number of urea groups is 1. The number of rotatable bonds is 6. The van der Waals surface area contributed by atoms with Gasteiger partial charge >= 0.3 is 6.03 Å². The van der Waals surface area contributed by atoms with Crippen LogP contribution >= 0.6 is 0 Å². The van der Waals surface area contributed by atoms with Gasteiger partial charge in [-0.25, -0.2) is 4.79 Å². The lowest BCUT2D eigenvalue weighted by Crippen LogP contribution is -2.41. The first kappa shape index (κ1) is 15.6. The van der Waals surface area contributed by atoms with E-state index in [4.69, 9.17) is 4.42 Å². The van der Waals surface area contributed by atoms with Crippen molar-refractivity contribution in [3.63, 3.8) is 0 Å². The van der Waals surface area contributed by atoms with Gasteiger partial charge in [0.05, 0.1) is 12.1 Å². The molecule has 0 fully saturated rings. The van der Waals surface area contributed by atoms with E-state index >= 15 is 0 Å². The molecule has 1 aromatic rings. The monoisotopic (exact) mass is 268 g/mol. The molecule has 2 unspecified atom stereocenters. The smallest absolute Gasteiger partial charge is 0.315 e. The Labute approximate surface area is 114 Å². The lowest BCUT2D eigenvalue weighted by Gasteiger charge is -2.16. The molecule has 5 nitrogen and oxygen atoms in total. The minimum atomic E-state index is -0.507. The number of nitrogens with one attached hydrogen (secondary N) is 2. The van der Waals surface area contributed by atoms with Crippen LogP contribution < -0.4 is 10.6 Å². The Morgan fingerprint density at radius 1 is 1.37 bits per heavy atom. The maximum Gasteiger partial charge on any atom is 0.315 e. The molecule has 2 atom stereocenters. The maximum atomic E-state index is 11.6. The second kappa shape index (κ2) is 7.19. The van der Waals surface area contributed by atoms with Gasteiger partial charge in [0.1, 0.15) is 11.5 Å². The van der Waals surface area contributed by atoms with Crippen LogP contribution in [0, 0.1) is 12.8 Å². The Morgan fingerprint density at radius 2 is 2.05 bits per heavy atom. The zero-order valence-corrected chi connectivity index (χ0v) is 12.1. The van der Waals surface area contributed by atoms with E-state index in [0.29, 0.717) is 12.3 Å². The van der Waals surface area contributed by atoms with Crippen molar-refractivity contribution in [1.82, 2.24) is 10.6 Å². The van der Waals surface area contributed by atoms with Gasteiger partial charge in [-0.15, -0.1) is 0 Å². The summed E-state index contributed by atoms with van der Waals surface area (Å²) in [4.78, 5) is 11.6. The van der Waals surface area contributed by atoms with Crippen LogP contribution in [0.25, 0.3) is 0 Å². The summed E-state index contributed by atoms with van der Waals surface area (Å²) < 4.78 is 5.43. The molecule has 108 valence electrons. The first-order valence-electron chi connectivity index (χ1n) is 6.67. The fourth-order valence-corrected chi connectivity index (χ4v) is 1.84. The van der Waals surface area contributed by atoms with E-state index in [9.17, 15) is 9.90 Å². The quantitative estimate of drug-likeness (QED) is 0.741. The fraction of sp³-hybridized carbons (Fsp3) is 0.643. The standard InChI is InChI=1S/C14H24N2O3/c1-9(2)7-12(17)8-15-14(18)16-11(4)13-6-5-10(3)19-13/h5-6,9,11-12,17H,7-8H2,1-4H3,(H2,15,16,18). The molecular weight excluding hydrogens is 244 g/mol. The van der Waals surface area contributed by atoms with Crippen LogP contribution in [0.4, 0.5) is 4.79 Å². The van der Waals surface area contributed by atoms with Crippen LogP contribution in [0.2, 0.25) is 0 Å². The highest BCUT2D eigenvalue weighted by Crippen LogP contribution is 2.15. The van der Waals surface area contributed by atoms with Crippen molar-refractivity contribution in [2.75, 3.05) is 6.54 Å². The second-order valence-electron chi connectivity index (χ2n) is 5.31. The van der Waals surface area contributed by atoms with Crippen LogP contribution in [-0.4, -0.2) is 23.8 Å². The number of aliphatic hydroxyl groups is 1. The molecule has 1 aromatic heterocycles. The van der Waals surface area contributed by atoms with Crippen molar-refractivity contribution in [1.29, 1.82) is 0 Å². The van der Waals surface area contributed by atoms with Crippen LogP contribution in [-0.2, 0) is 0 Å². The number of aryl methyl sites for hydroxylation is 1. The molecular formula is C14H24N2O3. The van der Waals surface area contributed by atoms with Gasteiger partial charge in [0.2, 0.25) is 0 Å². The number of furan rings is 1. The number of hydrogen-bond donors (Lipinski definition) is 3. The van der Waals surface area contributed by atoms with Gasteiger partial charge in [-0.3, -0.25) is 0 Å². The summed E-state index contributed by atoms with van der Waals surface area (Å²) in [6, 6.07) is 3.20. The van der Waals surface area contributed by atoms with Crippen molar-refractivity contribution in [2.45, 2.75) is 46.3 Å². The SMILES string of the molecule is Cc1ccc(C(C)NC(=O)NCC(O)CC(C)C)o1. The average Bonchev–Trinajstić information content (AvgIpc) is 2.72. The van der Waals surface area contributed by atoms with Crippen LogP contribution in [0.3, 0.4) is 0 Å². The van der Waals surface area contributed by atoms with Gasteiger partial charge in [-0.2, -0.15) is 0 Å². The predicted octanol–water partition coefficient (Wildman–Crippen LogP) is 2.36. The zero-order valence-electron chi connectivity index (χ0n) is 12.1. The van der Waals surface area contributed by atoms with E-state index in [1.165, 1.54) is 0 Å². The van der Waals surface area contributed by atoms with E-state index in [1.807, 2.05) is 39.8 Å². The second-order valence-corrected chi connectivity index (χ2v) is 5.31. The summed E-state index contributed by atoms with van der Waals surface area (Å²) in [5.41, 5.74) is 0. The lowest BCUT2D eigenvalue weighted by molar-refractivity contribution is 0.146. The van der Waals surface area contributed by atoms with Gasteiger partial charge in [0, 0.05) is 6.54 Å². The van der Waals surface area contributed by atoms with Gasteiger partial charge in [0.15, 0.2) is 0 Å². The molecule has 0 saturated heterocycles. The molecule has 0 aromatic carbocycles. The van der Waals surface area contributed by atoms with Crippen molar-refractivity contribution in [2.24, 2.45) is 5.92 Å². The summed E-state index contributed by atoms with van der Waals surface area (Å²) >= 11 is 0. The first-order valence-corrected chi connectivity index (χ1v) is 6.67. The van der Waals surface area contributed by atoms with Crippen molar-refractivity contribution < 1.29 is 14.3 Å². The molecule has 1 rings (SSSR count). The predicted molar refractivity (Wildman–Crippen MR) is 73.9 cm³/mol. The van der Waals surface area contributed by atoms with E-state index < -0.39 is 6.10 Å². The Balaban J connectivity index is 2.31. The number of carbonyl (C=O) groups excluding carboxylic acids is 1. The zero-order chi connectivity index (χ0) is 14.4. The van der Waals surface area contributed by atoms with E-state index in [2.05, 4.69) is 10.6 Å². The number of hydrogen-bond acceptors (Lipinski definition) is 3. The number of carbonyl (C=O) groups is 1. The molecule has 1 heterocycles. The maximum absolute atomic E-state index is 11.6. The Hall–Kier alpha value is -1.49. The topological polar surface area (TPSA) is 74.5 Å². The molecule has 19 heavy (non-hydrogen) atoms. The van der Waals surface area contributed by atoms with Gasteiger partial charge in [0.25, 0.3) is 0 Å². The molecule has 0 aliphatic heterocycles. The number of amides is 2. The molecule has 0 radical (unpaired) electrons. The fourth-order valence-electron chi connectivity index (χ4n) is 1.84. The third kappa shape index (κ3) is 5.79. The molecule has 2 amide bonds. The molecule has 3 N–H and O–H groups in total. The Morgan fingerprint density at radius 3 is 2.58 bits per heavy atom. The van der Waals surface area contributed by atoms with Gasteiger partial charge in [-0.1, -0.05) is 13.8 Å². The largest absolute Gasteiger partial charge is 0.464 e. The third-order valence-corrected chi connectivity index (χ3v) is 2.78. The summed E-state index contributed by atoms with van der Waals surface area (Å²) in [5.74, 6) is 1.94. The van der Waals surface area contributed by atoms with Crippen LogP contribution in [0.1, 0.15) is 44.8 Å². The minimum absolute atomic E-state index is 0.198. The Bertz CT molecular complexity index is 401. The van der Waals surface area contributed by atoms with Gasteiger partial charge in [-0.05, 0) is 38.3 Å². The summed E-state index contributed by atoms with van der Waals surface area (Å²) in [6.07, 6.45) is 0.166. The third-order valence-electron chi connectivity index (χ3n) is 2.78. The summed E-state index contributed by atoms with van der Waals surface area (Å²) in [7, 11) is 0. The molecule has 0 saturated carbocycles. The Kier molecular flexibility index (Phi) is 5.89. The van der Waals surface area contributed by atoms with E-state index in [1.54, 1.807) is 0 Å². The highest BCUT2D eigenvalue weighted by Gasteiger charge is 2.13. The highest BCUT2D eigenvalue weighted by molar-refractivity contribution is 5.74. The van der Waals surface area contributed by atoms with Crippen molar-refractivity contribution in [3.8, 4) is 0 Å². The van der Waals surface area contributed by atoms with Crippen LogP contribution in [0.5, 0.6) is 0 Å². The van der Waals surface area contributed by atoms with Crippen LogP contribution in [0.15, 0.2) is 16.5 Å². The summed E-state index contributed by atoms with van der Waals surface area (Å²) in [6.45, 7) is 8.03. The first-order chi connectivity index (χ1) is 8.88. The average molecular weight is 268 g/mol. The van der Waals surface area contributed by atoms with Gasteiger partial charge < -0.3 is 20.2 Å². The highest BCUT2D eigenvalue weighted by atomic mass is 16.3. The molecule has 0 aliphatic carbocycles. The molecule has 0 aliphatic rings. The number of aliphatic hydroxyl groups excluding tert-OH is 1. The lowest BCUT2D eigenvalue weighted by atomic mass is 10.1. The van der Waals surface area contributed by atoms with E-state index in [-0.39, 0.29) is 18.6 Å². The summed E-state index contributed by atoms with van der Waals surface area (Å²) in [5, 5.41) is 15.1. The van der Waals surface area contributed by atoms with Crippen molar-refractivity contribution >= 4 is 6.03 Å². The molecule has 5 heteroatoms. The van der Waals surface area contributed by atoms with Crippen molar-refractivity contribution in [3.05, 3.63) is 23.7 Å².